The number of guanidine groups is 1. The molecule has 166 valence electrons. The van der Waals surface area contributed by atoms with Crippen molar-refractivity contribution in [1.82, 2.24) is 20.4 Å². The Kier molecular flexibility index (Phi) is 8.81. The summed E-state index contributed by atoms with van der Waals surface area (Å²) in [4.78, 5) is 21.1. The number of carbonyl (C=O) groups excluding carboxylic acids is 1. The maximum atomic E-state index is 11.7. The van der Waals surface area contributed by atoms with Crippen molar-refractivity contribution in [2.24, 2.45) is 4.99 Å². The predicted octanol–water partition coefficient (Wildman–Crippen LogP) is 2.40. The molecule has 1 unspecified atom stereocenters. The zero-order valence-electron chi connectivity index (χ0n) is 18.5. The fraction of sp³-hybridized carbons (Fsp3) is 0.652. The van der Waals surface area contributed by atoms with Crippen molar-refractivity contribution in [2.75, 3.05) is 52.9 Å². The van der Waals surface area contributed by atoms with Gasteiger partial charge in [0.15, 0.2) is 5.96 Å². The molecule has 2 saturated heterocycles. The SMILES string of the molecule is CCNC(=NCC(c1ccccc1OC)N1CCCC1)NCCCN1CCCC1=O. The molecule has 2 aliphatic heterocycles. The smallest absolute Gasteiger partial charge is 0.222 e. The number of carbonyl (C=O) groups is 1. The zero-order chi connectivity index (χ0) is 21.2. The van der Waals surface area contributed by atoms with Gasteiger partial charge in [0.25, 0.3) is 0 Å². The largest absolute Gasteiger partial charge is 0.496 e. The molecule has 1 atom stereocenters. The maximum absolute atomic E-state index is 11.7. The van der Waals surface area contributed by atoms with E-state index in [-0.39, 0.29) is 6.04 Å². The molecule has 0 aliphatic carbocycles. The van der Waals surface area contributed by atoms with E-state index in [2.05, 4.69) is 34.6 Å². The van der Waals surface area contributed by atoms with E-state index in [1.165, 1.54) is 18.4 Å². The number of aliphatic imine (C=N–C) groups is 1. The Balaban J connectivity index is 1.61. The van der Waals surface area contributed by atoms with Crippen LogP contribution in [0.15, 0.2) is 29.3 Å². The minimum absolute atomic E-state index is 0.210. The summed E-state index contributed by atoms with van der Waals surface area (Å²) in [6.45, 7) is 8.32. The van der Waals surface area contributed by atoms with Gasteiger partial charge < -0.3 is 20.3 Å². The molecule has 1 aromatic rings. The number of nitrogens with zero attached hydrogens (tertiary/aromatic N) is 3. The number of likely N-dealkylation sites (tertiary alicyclic amines) is 2. The summed E-state index contributed by atoms with van der Waals surface area (Å²) in [5.41, 5.74) is 1.20. The Morgan fingerprint density at radius 1 is 1.17 bits per heavy atom. The molecule has 7 nitrogen and oxygen atoms in total. The van der Waals surface area contributed by atoms with Gasteiger partial charge in [0.1, 0.15) is 5.75 Å². The van der Waals surface area contributed by atoms with Crippen molar-refractivity contribution < 1.29 is 9.53 Å². The number of benzene rings is 1. The number of hydrogen-bond acceptors (Lipinski definition) is 4. The highest BCUT2D eigenvalue weighted by atomic mass is 16.5. The van der Waals surface area contributed by atoms with Crippen LogP contribution in [-0.4, -0.2) is 74.6 Å². The first-order valence-electron chi connectivity index (χ1n) is 11.4. The quantitative estimate of drug-likeness (QED) is 0.349. The van der Waals surface area contributed by atoms with Crippen LogP contribution in [0.2, 0.25) is 0 Å². The lowest BCUT2D eigenvalue weighted by Gasteiger charge is -2.28. The van der Waals surface area contributed by atoms with Crippen LogP contribution in [0.4, 0.5) is 0 Å². The molecule has 2 fully saturated rings. The van der Waals surface area contributed by atoms with Crippen molar-refractivity contribution in [1.29, 1.82) is 0 Å². The van der Waals surface area contributed by atoms with Gasteiger partial charge >= 0.3 is 0 Å². The summed E-state index contributed by atoms with van der Waals surface area (Å²) >= 11 is 0. The average Bonchev–Trinajstić information content (AvgIpc) is 3.44. The molecule has 0 bridgehead atoms. The summed E-state index contributed by atoms with van der Waals surface area (Å²) in [5, 5.41) is 6.79. The van der Waals surface area contributed by atoms with E-state index in [1.807, 2.05) is 17.0 Å². The minimum atomic E-state index is 0.210. The predicted molar refractivity (Wildman–Crippen MR) is 121 cm³/mol. The highest BCUT2D eigenvalue weighted by Crippen LogP contribution is 2.31. The molecule has 2 N–H and O–H groups in total. The highest BCUT2D eigenvalue weighted by Gasteiger charge is 2.26. The van der Waals surface area contributed by atoms with Gasteiger partial charge in [-0.15, -0.1) is 0 Å². The molecule has 3 rings (SSSR count). The summed E-state index contributed by atoms with van der Waals surface area (Å²) in [7, 11) is 1.74. The lowest BCUT2D eigenvalue weighted by molar-refractivity contribution is -0.127. The highest BCUT2D eigenvalue weighted by molar-refractivity contribution is 5.80. The Morgan fingerprint density at radius 2 is 1.97 bits per heavy atom. The summed E-state index contributed by atoms with van der Waals surface area (Å²) in [6.07, 6.45) is 5.11. The second-order valence-electron chi connectivity index (χ2n) is 7.99. The van der Waals surface area contributed by atoms with Crippen LogP contribution < -0.4 is 15.4 Å². The van der Waals surface area contributed by atoms with Gasteiger partial charge in [-0.25, -0.2) is 0 Å². The van der Waals surface area contributed by atoms with Crippen LogP contribution in [0.3, 0.4) is 0 Å². The third-order valence-corrected chi connectivity index (χ3v) is 5.91. The summed E-state index contributed by atoms with van der Waals surface area (Å²) in [6, 6.07) is 8.49. The number of amides is 1. The van der Waals surface area contributed by atoms with Crippen molar-refractivity contribution in [3.05, 3.63) is 29.8 Å². The fourth-order valence-corrected chi connectivity index (χ4v) is 4.34. The standard InChI is InChI=1S/C23H37N5O2/c1-3-24-23(25-13-9-17-28-16-8-12-22(28)29)26-18-20(27-14-6-7-15-27)19-10-4-5-11-21(19)30-2/h4-5,10-11,20H,3,6-9,12-18H2,1-2H3,(H2,24,25,26). The van der Waals surface area contributed by atoms with Crippen LogP contribution in [0.1, 0.15) is 50.6 Å². The van der Waals surface area contributed by atoms with Gasteiger partial charge in [-0.3, -0.25) is 14.7 Å². The monoisotopic (exact) mass is 415 g/mol. The van der Waals surface area contributed by atoms with E-state index in [0.29, 0.717) is 18.9 Å². The molecule has 30 heavy (non-hydrogen) atoms. The van der Waals surface area contributed by atoms with Gasteiger partial charge in [-0.2, -0.15) is 0 Å². The molecule has 0 aromatic heterocycles. The van der Waals surface area contributed by atoms with Crippen LogP contribution in [-0.2, 0) is 4.79 Å². The fourth-order valence-electron chi connectivity index (χ4n) is 4.34. The normalized spacial score (nSPS) is 18.7. The van der Waals surface area contributed by atoms with E-state index in [4.69, 9.17) is 9.73 Å². The summed E-state index contributed by atoms with van der Waals surface area (Å²) in [5.74, 6) is 2.06. The van der Waals surface area contributed by atoms with Crippen LogP contribution in [0, 0.1) is 0 Å². The van der Waals surface area contributed by atoms with Gasteiger partial charge in [-0.05, 0) is 51.8 Å². The topological polar surface area (TPSA) is 69.2 Å². The Morgan fingerprint density at radius 3 is 2.67 bits per heavy atom. The Hall–Kier alpha value is -2.28. The molecule has 1 aromatic carbocycles. The number of rotatable bonds is 10. The lowest BCUT2D eigenvalue weighted by atomic mass is 10.0. The first kappa shape index (κ1) is 22.4. The Bertz CT molecular complexity index is 703. The van der Waals surface area contributed by atoms with E-state index in [9.17, 15) is 4.79 Å². The number of methoxy groups -OCH3 is 1. The number of ether oxygens (including phenoxy) is 1. The van der Waals surface area contributed by atoms with Gasteiger partial charge in [-0.1, -0.05) is 18.2 Å². The van der Waals surface area contributed by atoms with Gasteiger partial charge in [0, 0.05) is 38.2 Å². The van der Waals surface area contributed by atoms with Crippen LogP contribution in [0.5, 0.6) is 5.75 Å². The van der Waals surface area contributed by atoms with E-state index >= 15 is 0 Å². The van der Waals surface area contributed by atoms with Crippen molar-refractivity contribution in [3.8, 4) is 5.75 Å². The maximum Gasteiger partial charge on any atom is 0.222 e. The number of para-hydroxylation sites is 1. The molecule has 2 heterocycles. The van der Waals surface area contributed by atoms with E-state index in [0.717, 1.165) is 63.8 Å². The minimum Gasteiger partial charge on any atom is -0.496 e. The third kappa shape index (κ3) is 6.11. The number of hydrogen-bond donors (Lipinski definition) is 2. The molecule has 2 aliphatic rings. The average molecular weight is 416 g/mol. The first-order valence-corrected chi connectivity index (χ1v) is 11.4. The third-order valence-electron chi connectivity index (χ3n) is 5.91. The zero-order valence-corrected chi connectivity index (χ0v) is 18.5. The van der Waals surface area contributed by atoms with Crippen molar-refractivity contribution >= 4 is 11.9 Å². The van der Waals surface area contributed by atoms with Crippen LogP contribution >= 0.6 is 0 Å². The van der Waals surface area contributed by atoms with Gasteiger partial charge in [0.05, 0.1) is 19.7 Å². The second-order valence-corrected chi connectivity index (χ2v) is 7.99. The Labute approximate surface area is 180 Å². The summed E-state index contributed by atoms with van der Waals surface area (Å²) < 4.78 is 5.64. The molecular formula is C23H37N5O2. The molecule has 0 spiro atoms. The second kappa shape index (κ2) is 11.8. The first-order chi connectivity index (χ1) is 14.7. The van der Waals surface area contributed by atoms with Gasteiger partial charge in [0.2, 0.25) is 5.91 Å². The van der Waals surface area contributed by atoms with E-state index in [1.54, 1.807) is 7.11 Å². The molecule has 0 saturated carbocycles. The molecule has 1 amide bonds. The number of nitrogens with one attached hydrogen (secondary N) is 2. The molecular weight excluding hydrogens is 378 g/mol. The van der Waals surface area contributed by atoms with E-state index < -0.39 is 0 Å². The van der Waals surface area contributed by atoms with Crippen molar-refractivity contribution in [3.63, 3.8) is 0 Å². The molecule has 0 radical (unpaired) electrons. The molecule has 7 heteroatoms. The van der Waals surface area contributed by atoms with Crippen molar-refractivity contribution in [2.45, 2.75) is 45.1 Å². The van der Waals surface area contributed by atoms with Crippen LogP contribution in [0.25, 0.3) is 0 Å². The lowest BCUT2D eigenvalue weighted by Crippen LogP contribution is -2.39.